The van der Waals surface area contributed by atoms with E-state index in [0.717, 1.165) is 25.6 Å². The molecule has 0 bridgehead atoms. The molecule has 0 radical (unpaired) electrons. The first kappa shape index (κ1) is 18.2. The molecular formula is C19H34N2. The second-order valence-electron chi connectivity index (χ2n) is 6.56. The van der Waals surface area contributed by atoms with Gasteiger partial charge in [-0.1, -0.05) is 58.4 Å². The molecule has 0 heterocycles. The summed E-state index contributed by atoms with van der Waals surface area (Å²) < 4.78 is 0. The molecule has 0 aromatic heterocycles. The summed E-state index contributed by atoms with van der Waals surface area (Å²) in [6.07, 6.45) is 2.46. The molecule has 2 atom stereocenters. The topological polar surface area (TPSA) is 15.3 Å². The second kappa shape index (κ2) is 9.97. The molecule has 1 aromatic carbocycles. The number of benzene rings is 1. The highest BCUT2D eigenvalue weighted by Crippen LogP contribution is 2.16. The first-order chi connectivity index (χ1) is 10.1. The number of hydrogen-bond acceptors (Lipinski definition) is 2. The van der Waals surface area contributed by atoms with Crippen molar-refractivity contribution in [3.63, 3.8) is 0 Å². The lowest BCUT2D eigenvalue weighted by Gasteiger charge is -2.21. The van der Waals surface area contributed by atoms with Crippen LogP contribution >= 0.6 is 0 Å². The van der Waals surface area contributed by atoms with Crippen molar-refractivity contribution in [1.29, 1.82) is 0 Å². The van der Waals surface area contributed by atoms with Crippen molar-refractivity contribution in [3.05, 3.63) is 35.4 Å². The molecule has 0 aliphatic heterocycles. The van der Waals surface area contributed by atoms with E-state index in [1.165, 1.54) is 30.5 Å². The van der Waals surface area contributed by atoms with Crippen LogP contribution in [0.4, 0.5) is 0 Å². The zero-order valence-electron chi connectivity index (χ0n) is 14.7. The van der Waals surface area contributed by atoms with Crippen LogP contribution in [0.15, 0.2) is 24.3 Å². The molecular weight excluding hydrogens is 256 g/mol. The minimum atomic E-state index is 0.587. The van der Waals surface area contributed by atoms with Gasteiger partial charge in [0.05, 0.1) is 0 Å². The Kier molecular flexibility index (Phi) is 8.63. The fourth-order valence-electron chi connectivity index (χ4n) is 2.60. The molecule has 0 aliphatic carbocycles. The van der Waals surface area contributed by atoms with Gasteiger partial charge in [-0.15, -0.1) is 0 Å². The van der Waals surface area contributed by atoms with Gasteiger partial charge in [-0.2, -0.15) is 0 Å². The highest BCUT2D eigenvalue weighted by Gasteiger charge is 2.07. The van der Waals surface area contributed by atoms with Gasteiger partial charge in [-0.3, -0.25) is 0 Å². The maximum Gasteiger partial charge on any atom is 0.0230 e. The zero-order valence-corrected chi connectivity index (χ0v) is 14.7. The molecule has 1 N–H and O–H groups in total. The lowest BCUT2D eigenvalue weighted by atomic mass is 9.99. The van der Waals surface area contributed by atoms with E-state index in [9.17, 15) is 0 Å². The Morgan fingerprint density at radius 1 is 1.10 bits per heavy atom. The normalized spacial score (nSPS) is 14.4. The molecule has 120 valence electrons. The Balaban J connectivity index is 2.46. The van der Waals surface area contributed by atoms with Gasteiger partial charge in [-0.25, -0.2) is 0 Å². The van der Waals surface area contributed by atoms with Gasteiger partial charge in [0.2, 0.25) is 0 Å². The van der Waals surface area contributed by atoms with Crippen molar-refractivity contribution in [2.75, 3.05) is 26.7 Å². The molecule has 1 rings (SSSR count). The Morgan fingerprint density at radius 2 is 1.76 bits per heavy atom. The van der Waals surface area contributed by atoms with E-state index in [2.05, 4.69) is 69.2 Å². The van der Waals surface area contributed by atoms with Crippen LogP contribution in [0.3, 0.4) is 0 Å². The van der Waals surface area contributed by atoms with Crippen molar-refractivity contribution < 1.29 is 0 Å². The van der Waals surface area contributed by atoms with Gasteiger partial charge in [0.25, 0.3) is 0 Å². The van der Waals surface area contributed by atoms with Gasteiger partial charge < -0.3 is 10.2 Å². The quantitative estimate of drug-likeness (QED) is 0.647. The molecule has 0 aliphatic rings. The summed E-state index contributed by atoms with van der Waals surface area (Å²) in [5.41, 5.74) is 2.85. The largest absolute Gasteiger partial charge is 0.316 e. The van der Waals surface area contributed by atoms with Crippen molar-refractivity contribution >= 4 is 0 Å². The third-order valence-corrected chi connectivity index (χ3v) is 4.20. The highest BCUT2D eigenvalue weighted by atomic mass is 15.1. The SMILES string of the molecule is CCCNCC(C)c1ccc(CN(C)CC(C)CC)cc1. The molecule has 0 saturated heterocycles. The molecule has 0 saturated carbocycles. The van der Waals surface area contributed by atoms with Crippen LogP contribution < -0.4 is 5.32 Å². The van der Waals surface area contributed by atoms with Gasteiger partial charge in [0.15, 0.2) is 0 Å². The second-order valence-corrected chi connectivity index (χ2v) is 6.56. The Bertz CT molecular complexity index is 372. The molecule has 2 heteroatoms. The monoisotopic (exact) mass is 290 g/mol. The van der Waals surface area contributed by atoms with Crippen molar-refractivity contribution in [1.82, 2.24) is 10.2 Å². The maximum absolute atomic E-state index is 3.50. The van der Waals surface area contributed by atoms with E-state index in [0.29, 0.717) is 5.92 Å². The first-order valence-corrected chi connectivity index (χ1v) is 8.54. The van der Waals surface area contributed by atoms with Crippen LogP contribution in [0.1, 0.15) is 57.6 Å². The van der Waals surface area contributed by atoms with E-state index in [4.69, 9.17) is 0 Å². The van der Waals surface area contributed by atoms with E-state index < -0.39 is 0 Å². The zero-order chi connectivity index (χ0) is 15.7. The van der Waals surface area contributed by atoms with Crippen molar-refractivity contribution in [3.8, 4) is 0 Å². The smallest absolute Gasteiger partial charge is 0.0230 e. The molecule has 0 fully saturated rings. The molecule has 2 unspecified atom stereocenters. The summed E-state index contributed by atoms with van der Waals surface area (Å²) in [5.74, 6) is 1.36. The minimum Gasteiger partial charge on any atom is -0.316 e. The average molecular weight is 290 g/mol. The first-order valence-electron chi connectivity index (χ1n) is 8.54. The number of nitrogens with zero attached hydrogens (tertiary/aromatic N) is 1. The number of nitrogens with one attached hydrogen (secondary N) is 1. The van der Waals surface area contributed by atoms with Crippen LogP contribution in [0.5, 0.6) is 0 Å². The predicted molar refractivity (Wildman–Crippen MR) is 93.8 cm³/mol. The van der Waals surface area contributed by atoms with Gasteiger partial charge >= 0.3 is 0 Å². The lowest BCUT2D eigenvalue weighted by molar-refractivity contribution is 0.275. The highest BCUT2D eigenvalue weighted by molar-refractivity contribution is 5.25. The number of rotatable bonds is 10. The third kappa shape index (κ3) is 7.10. The van der Waals surface area contributed by atoms with Gasteiger partial charge in [-0.05, 0) is 43.0 Å². The fourth-order valence-corrected chi connectivity index (χ4v) is 2.60. The lowest BCUT2D eigenvalue weighted by Crippen LogP contribution is -2.23. The summed E-state index contributed by atoms with van der Waals surface area (Å²) in [4.78, 5) is 2.43. The summed E-state index contributed by atoms with van der Waals surface area (Å²) >= 11 is 0. The van der Waals surface area contributed by atoms with E-state index in [1.807, 2.05) is 0 Å². The molecule has 1 aromatic rings. The minimum absolute atomic E-state index is 0.587. The van der Waals surface area contributed by atoms with E-state index >= 15 is 0 Å². The van der Waals surface area contributed by atoms with E-state index in [1.54, 1.807) is 0 Å². The molecule has 0 spiro atoms. The molecule has 21 heavy (non-hydrogen) atoms. The van der Waals surface area contributed by atoms with Crippen LogP contribution in [0.2, 0.25) is 0 Å². The Labute approximate surface area is 131 Å². The fraction of sp³-hybridized carbons (Fsp3) is 0.684. The number of hydrogen-bond donors (Lipinski definition) is 1. The van der Waals surface area contributed by atoms with Crippen molar-refractivity contribution in [2.24, 2.45) is 5.92 Å². The van der Waals surface area contributed by atoms with Crippen LogP contribution in [-0.2, 0) is 6.54 Å². The summed E-state index contributed by atoms with van der Waals surface area (Å²) in [5, 5.41) is 3.50. The molecule has 0 amide bonds. The van der Waals surface area contributed by atoms with Crippen LogP contribution in [-0.4, -0.2) is 31.6 Å². The predicted octanol–water partition coefficient (Wildman–Crippen LogP) is 4.27. The van der Waals surface area contributed by atoms with Crippen molar-refractivity contribution in [2.45, 2.75) is 53.0 Å². The van der Waals surface area contributed by atoms with Gasteiger partial charge in [0.1, 0.15) is 0 Å². The standard InChI is InChI=1S/C19H34N2/c1-6-12-20-13-17(4)19-10-8-18(9-11-19)15-21(5)14-16(3)7-2/h8-11,16-17,20H,6-7,12-15H2,1-5H3. The summed E-state index contributed by atoms with van der Waals surface area (Å²) in [7, 11) is 2.22. The van der Waals surface area contributed by atoms with Crippen LogP contribution in [0, 0.1) is 5.92 Å². The Morgan fingerprint density at radius 3 is 2.33 bits per heavy atom. The summed E-state index contributed by atoms with van der Waals surface area (Å²) in [6.45, 7) is 13.5. The van der Waals surface area contributed by atoms with Gasteiger partial charge in [0, 0.05) is 19.6 Å². The summed E-state index contributed by atoms with van der Waals surface area (Å²) in [6, 6.07) is 9.17. The Hall–Kier alpha value is -0.860. The van der Waals surface area contributed by atoms with E-state index in [-0.39, 0.29) is 0 Å². The third-order valence-electron chi connectivity index (χ3n) is 4.20. The molecule has 2 nitrogen and oxygen atoms in total. The maximum atomic E-state index is 3.50. The average Bonchev–Trinajstić information content (AvgIpc) is 2.47. The van der Waals surface area contributed by atoms with Crippen LogP contribution in [0.25, 0.3) is 0 Å².